The van der Waals surface area contributed by atoms with Crippen molar-refractivity contribution in [3.8, 4) is 0 Å². The number of hydrogen-bond acceptors (Lipinski definition) is 3. The molecule has 0 radical (unpaired) electrons. The van der Waals surface area contributed by atoms with Crippen molar-refractivity contribution < 1.29 is 14.6 Å². The molecule has 0 spiro atoms. The molecule has 8 atom stereocenters. The maximum Gasteiger partial charge on any atom is 0.183 e. The summed E-state index contributed by atoms with van der Waals surface area (Å²) in [4.78, 5) is 0. The fraction of sp³-hybridized carbons (Fsp3) is 1.00. The van der Waals surface area contributed by atoms with Crippen LogP contribution < -0.4 is 0 Å². The Morgan fingerprint density at radius 2 is 1.69 bits per heavy atom. The van der Waals surface area contributed by atoms with Crippen molar-refractivity contribution in [2.75, 3.05) is 6.61 Å². The Balaban J connectivity index is 1.63. The third-order valence-corrected chi connectivity index (χ3v) is 10.1. The number of rotatable bonds is 3. The van der Waals surface area contributed by atoms with E-state index in [4.69, 9.17) is 4.43 Å². The van der Waals surface area contributed by atoms with E-state index >= 15 is 0 Å². The Kier molecular flexibility index (Phi) is 4.91. The van der Waals surface area contributed by atoms with Crippen molar-refractivity contribution in [2.24, 2.45) is 34.5 Å². The van der Waals surface area contributed by atoms with E-state index in [1.807, 2.05) is 0 Å². The first-order valence-corrected chi connectivity index (χ1v) is 14.6. The molecular formula is C22H40O3Si. The Labute approximate surface area is 161 Å². The van der Waals surface area contributed by atoms with E-state index < -0.39 is 8.32 Å². The molecule has 4 heteroatoms. The summed E-state index contributed by atoms with van der Waals surface area (Å²) in [5.41, 5.74) is 0.445. The van der Waals surface area contributed by atoms with Crippen molar-refractivity contribution in [2.45, 2.75) is 96.6 Å². The van der Waals surface area contributed by atoms with Crippen LogP contribution in [0, 0.1) is 34.5 Å². The van der Waals surface area contributed by atoms with Gasteiger partial charge in [0.25, 0.3) is 0 Å². The van der Waals surface area contributed by atoms with Crippen molar-refractivity contribution in [1.82, 2.24) is 0 Å². The van der Waals surface area contributed by atoms with Crippen LogP contribution in [-0.4, -0.2) is 37.3 Å². The van der Waals surface area contributed by atoms with Crippen LogP contribution in [0.5, 0.6) is 0 Å². The monoisotopic (exact) mass is 380 g/mol. The predicted molar refractivity (Wildman–Crippen MR) is 107 cm³/mol. The number of aliphatic hydroxyl groups excluding tert-OH is 2. The van der Waals surface area contributed by atoms with Gasteiger partial charge in [0.15, 0.2) is 8.32 Å². The molecule has 0 bridgehead atoms. The average Bonchev–Trinajstić information content (AvgIpc) is 2.88. The summed E-state index contributed by atoms with van der Waals surface area (Å²) in [7, 11) is -1.55. The highest BCUT2D eigenvalue weighted by atomic mass is 28.4. The standard InChI is InChI=1S/C22H40O3Si/c1-21-11-10-19-17(18(21)7-8-20(21)24)6-5-15-13-16(23)9-12-22(15,19)14-25-26(2,3)4/h15-20,23-24H,5-14H2,1-4H3/t15-,16-,17-,18-,19-,20-,21-,22+/m0/s1. The maximum absolute atomic E-state index is 10.7. The molecule has 0 amide bonds. The average molecular weight is 381 g/mol. The second-order valence-corrected chi connectivity index (χ2v) is 15.9. The lowest BCUT2D eigenvalue weighted by molar-refractivity contribution is -0.155. The molecule has 0 saturated heterocycles. The van der Waals surface area contributed by atoms with Gasteiger partial charge < -0.3 is 14.6 Å². The maximum atomic E-state index is 10.7. The van der Waals surface area contributed by atoms with Crippen LogP contribution in [0.3, 0.4) is 0 Å². The molecule has 0 aliphatic heterocycles. The summed E-state index contributed by atoms with van der Waals surface area (Å²) in [5.74, 6) is 2.85. The minimum absolute atomic E-state index is 0.0893. The van der Waals surface area contributed by atoms with Gasteiger partial charge in [-0.25, -0.2) is 0 Å². The van der Waals surface area contributed by atoms with Gasteiger partial charge in [0, 0.05) is 6.61 Å². The lowest BCUT2D eigenvalue weighted by Gasteiger charge is -2.61. The van der Waals surface area contributed by atoms with Crippen LogP contribution in [0.1, 0.15) is 64.7 Å². The molecule has 4 aliphatic carbocycles. The molecule has 4 aliphatic rings. The number of aliphatic hydroxyl groups is 2. The van der Waals surface area contributed by atoms with Gasteiger partial charge in [0.2, 0.25) is 0 Å². The molecule has 4 fully saturated rings. The Morgan fingerprint density at radius 1 is 0.923 bits per heavy atom. The van der Waals surface area contributed by atoms with Gasteiger partial charge in [0.05, 0.1) is 12.2 Å². The highest BCUT2D eigenvalue weighted by Crippen LogP contribution is 2.66. The molecule has 0 aromatic carbocycles. The highest BCUT2D eigenvalue weighted by Gasteiger charge is 2.61. The van der Waals surface area contributed by atoms with Gasteiger partial charge in [-0.2, -0.15) is 0 Å². The molecule has 2 N–H and O–H groups in total. The quantitative estimate of drug-likeness (QED) is 0.705. The third-order valence-electron chi connectivity index (χ3n) is 9.06. The largest absolute Gasteiger partial charge is 0.417 e. The SMILES string of the molecule is C[C@]12CC[C@H]3[C@@H](CC[C@H]4C[C@@H](O)CC[C@@]43CO[Si](C)(C)C)[C@@H]1CC[C@@H]2O. The Hall–Kier alpha value is 0.0969. The van der Waals surface area contributed by atoms with Crippen LogP contribution in [0.4, 0.5) is 0 Å². The fourth-order valence-corrected chi connectivity index (χ4v) is 8.33. The Morgan fingerprint density at radius 3 is 2.42 bits per heavy atom. The molecule has 26 heavy (non-hydrogen) atoms. The van der Waals surface area contributed by atoms with E-state index in [2.05, 4.69) is 26.6 Å². The van der Waals surface area contributed by atoms with Crippen LogP contribution in [0.15, 0.2) is 0 Å². The van der Waals surface area contributed by atoms with Gasteiger partial charge in [-0.15, -0.1) is 0 Å². The van der Waals surface area contributed by atoms with E-state index in [-0.39, 0.29) is 23.0 Å². The molecule has 0 heterocycles. The normalized spacial score (nSPS) is 51.5. The predicted octanol–water partition coefficient (Wildman–Crippen LogP) is 4.58. The fourth-order valence-electron chi connectivity index (χ4n) is 7.63. The summed E-state index contributed by atoms with van der Waals surface area (Å²) < 4.78 is 6.58. The minimum Gasteiger partial charge on any atom is -0.417 e. The molecule has 4 saturated carbocycles. The third kappa shape index (κ3) is 3.03. The van der Waals surface area contributed by atoms with Crippen molar-refractivity contribution in [3.63, 3.8) is 0 Å². The van der Waals surface area contributed by atoms with Crippen molar-refractivity contribution >= 4 is 8.32 Å². The molecular weight excluding hydrogens is 340 g/mol. The van der Waals surface area contributed by atoms with Crippen molar-refractivity contribution in [1.29, 1.82) is 0 Å². The zero-order valence-corrected chi connectivity index (χ0v) is 18.3. The first kappa shape index (κ1) is 19.4. The zero-order valence-electron chi connectivity index (χ0n) is 17.3. The van der Waals surface area contributed by atoms with Gasteiger partial charge in [-0.3, -0.25) is 0 Å². The van der Waals surface area contributed by atoms with Gasteiger partial charge in [-0.1, -0.05) is 6.92 Å². The van der Waals surface area contributed by atoms with E-state index in [0.717, 1.165) is 44.1 Å². The second kappa shape index (κ2) is 6.57. The van der Waals surface area contributed by atoms with Crippen LogP contribution >= 0.6 is 0 Å². The van der Waals surface area contributed by atoms with E-state index in [0.29, 0.717) is 11.8 Å². The lowest BCUT2D eigenvalue weighted by Crippen LogP contribution is -2.58. The van der Waals surface area contributed by atoms with Crippen LogP contribution in [0.25, 0.3) is 0 Å². The van der Waals surface area contributed by atoms with E-state index in [1.165, 1.54) is 32.1 Å². The summed E-state index contributed by atoms with van der Waals surface area (Å²) in [6.45, 7) is 10.2. The summed E-state index contributed by atoms with van der Waals surface area (Å²) >= 11 is 0. The first-order valence-electron chi connectivity index (χ1n) is 11.2. The lowest BCUT2D eigenvalue weighted by atomic mass is 9.44. The second-order valence-electron chi connectivity index (χ2n) is 11.4. The summed E-state index contributed by atoms with van der Waals surface area (Å²) in [6.07, 6.45) is 10.1. The molecule has 0 aromatic rings. The molecule has 150 valence electrons. The summed E-state index contributed by atoms with van der Waals surface area (Å²) in [6, 6.07) is 0. The molecule has 0 aromatic heterocycles. The molecule has 0 unspecified atom stereocenters. The topological polar surface area (TPSA) is 49.7 Å². The highest BCUT2D eigenvalue weighted by molar-refractivity contribution is 6.69. The zero-order chi connectivity index (χ0) is 18.7. The number of hydrogen-bond donors (Lipinski definition) is 2. The van der Waals surface area contributed by atoms with E-state index in [9.17, 15) is 10.2 Å². The number of fused-ring (bicyclic) bond motifs is 5. The van der Waals surface area contributed by atoms with E-state index in [1.54, 1.807) is 0 Å². The van der Waals surface area contributed by atoms with Crippen molar-refractivity contribution in [3.05, 3.63) is 0 Å². The minimum atomic E-state index is -1.55. The Bertz CT molecular complexity index is 532. The van der Waals surface area contributed by atoms with Gasteiger partial charge in [0.1, 0.15) is 0 Å². The smallest absolute Gasteiger partial charge is 0.183 e. The van der Waals surface area contributed by atoms with Gasteiger partial charge in [-0.05, 0) is 112 Å². The van der Waals surface area contributed by atoms with Crippen LogP contribution in [-0.2, 0) is 4.43 Å². The molecule has 4 rings (SSSR count). The van der Waals surface area contributed by atoms with Gasteiger partial charge >= 0.3 is 0 Å². The molecule has 3 nitrogen and oxygen atoms in total. The summed E-state index contributed by atoms with van der Waals surface area (Å²) in [5, 5.41) is 21.0. The van der Waals surface area contributed by atoms with Crippen LogP contribution in [0.2, 0.25) is 19.6 Å². The first-order chi connectivity index (χ1) is 12.2.